The van der Waals surface area contributed by atoms with Gasteiger partial charge in [-0.2, -0.15) is 0 Å². The Kier molecular flexibility index (Phi) is 4.99. The van der Waals surface area contributed by atoms with Crippen LogP contribution in [-0.2, 0) is 9.84 Å². The molecule has 0 saturated heterocycles. The van der Waals surface area contributed by atoms with Crippen molar-refractivity contribution in [2.24, 2.45) is 0 Å². The van der Waals surface area contributed by atoms with Crippen molar-refractivity contribution in [2.45, 2.75) is 6.92 Å². The summed E-state index contributed by atoms with van der Waals surface area (Å²) in [5.74, 6) is -0.0254. The number of nitro groups is 1. The molecule has 0 atom stereocenters. The number of rotatable bonds is 7. The van der Waals surface area contributed by atoms with E-state index in [1.165, 1.54) is 19.1 Å². The van der Waals surface area contributed by atoms with E-state index >= 15 is 0 Å². The average Bonchev–Trinajstić information content (AvgIpc) is 2.38. The molecule has 0 radical (unpaired) electrons. The highest BCUT2D eigenvalue weighted by Crippen LogP contribution is 2.22. The normalized spacial score (nSPS) is 11.0. The van der Waals surface area contributed by atoms with Gasteiger partial charge in [-0.1, -0.05) is 6.92 Å². The molecular formula is C11H13NO6S. The van der Waals surface area contributed by atoms with Crippen LogP contribution >= 0.6 is 0 Å². The van der Waals surface area contributed by atoms with Crippen LogP contribution in [0.3, 0.4) is 0 Å². The summed E-state index contributed by atoms with van der Waals surface area (Å²) in [6, 6.07) is 3.55. The molecule has 1 aromatic rings. The molecule has 1 rings (SSSR count). The monoisotopic (exact) mass is 287 g/mol. The van der Waals surface area contributed by atoms with Gasteiger partial charge in [0.25, 0.3) is 5.69 Å². The van der Waals surface area contributed by atoms with Crippen LogP contribution in [0.2, 0.25) is 0 Å². The van der Waals surface area contributed by atoms with Crippen LogP contribution in [0.15, 0.2) is 18.2 Å². The minimum atomic E-state index is -3.15. The highest BCUT2D eigenvalue weighted by molar-refractivity contribution is 7.91. The molecule has 0 aliphatic rings. The molecule has 0 spiro atoms. The second-order valence-corrected chi connectivity index (χ2v) is 6.15. The molecule has 0 bridgehead atoms. The highest BCUT2D eigenvalue weighted by atomic mass is 32.2. The number of hydrogen-bond acceptors (Lipinski definition) is 6. The number of nitrogens with zero attached hydrogens (tertiary/aromatic N) is 1. The fourth-order valence-corrected chi connectivity index (χ4v) is 1.92. The first-order valence-corrected chi connectivity index (χ1v) is 7.28. The molecule has 1 aromatic carbocycles. The number of non-ortho nitro benzene ring substituents is 1. The van der Waals surface area contributed by atoms with Gasteiger partial charge in [-0.15, -0.1) is 0 Å². The van der Waals surface area contributed by atoms with E-state index in [1.807, 2.05) is 0 Å². The Morgan fingerprint density at radius 3 is 2.63 bits per heavy atom. The molecule has 0 amide bonds. The van der Waals surface area contributed by atoms with Gasteiger partial charge in [-0.05, 0) is 6.07 Å². The Morgan fingerprint density at radius 1 is 1.42 bits per heavy atom. The molecule has 0 aromatic heterocycles. The van der Waals surface area contributed by atoms with E-state index in [4.69, 9.17) is 4.74 Å². The van der Waals surface area contributed by atoms with Gasteiger partial charge in [0.15, 0.2) is 16.1 Å². The molecule has 0 N–H and O–H groups in total. The molecule has 8 heteroatoms. The van der Waals surface area contributed by atoms with E-state index in [1.54, 1.807) is 0 Å². The summed E-state index contributed by atoms with van der Waals surface area (Å²) < 4.78 is 27.7. The van der Waals surface area contributed by atoms with Crippen LogP contribution in [0.4, 0.5) is 5.69 Å². The van der Waals surface area contributed by atoms with Crippen LogP contribution < -0.4 is 4.74 Å². The van der Waals surface area contributed by atoms with E-state index in [2.05, 4.69) is 0 Å². The molecule has 104 valence electrons. The van der Waals surface area contributed by atoms with Gasteiger partial charge in [0, 0.05) is 17.9 Å². The lowest BCUT2D eigenvalue weighted by molar-refractivity contribution is -0.384. The lowest BCUT2D eigenvalue weighted by Crippen LogP contribution is -2.16. The fourth-order valence-electron chi connectivity index (χ4n) is 1.30. The van der Waals surface area contributed by atoms with Crippen molar-refractivity contribution in [1.29, 1.82) is 0 Å². The third-order valence-corrected chi connectivity index (χ3v) is 4.09. The van der Waals surface area contributed by atoms with Crippen LogP contribution in [0, 0.1) is 10.1 Å². The van der Waals surface area contributed by atoms with E-state index in [0.717, 1.165) is 6.07 Å². The van der Waals surface area contributed by atoms with Gasteiger partial charge >= 0.3 is 0 Å². The zero-order valence-corrected chi connectivity index (χ0v) is 11.1. The molecule has 0 fully saturated rings. The summed E-state index contributed by atoms with van der Waals surface area (Å²) in [4.78, 5) is 20.7. The summed E-state index contributed by atoms with van der Waals surface area (Å²) in [6.45, 7) is 1.42. The quantitative estimate of drug-likeness (QED) is 0.424. The molecular weight excluding hydrogens is 274 g/mol. The van der Waals surface area contributed by atoms with Crippen molar-refractivity contribution in [3.63, 3.8) is 0 Å². The maximum Gasteiger partial charge on any atom is 0.270 e. The third kappa shape index (κ3) is 4.32. The Labute approximate surface area is 110 Å². The van der Waals surface area contributed by atoms with Crippen molar-refractivity contribution < 1.29 is 22.9 Å². The standard InChI is InChI=1S/C11H13NO6S/c1-2-19(16,17)6-5-18-11-4-3-10(12(14)15)7-9(11)8-13/h3-4,7-8H,2,5-6H2,1H3. The fraction of sp³-hybridized carbons (Fsp3) is 0.364. The number of hydrogen-bond donors (Lipinski definition) is 0. The Hall–Kier alpha value is -1.96. The van der Waals surface area contributed by atoms with Crippen molar-refractivity contribution in [3.8, 4) is 5.75 Å². The number of carbonyl (C=O) groups excluding carboxylic acids is 1. The predicted octanol–water partition coefficient (Wildman–Crippen LogP) is 1.22. The summed E-state index contributed by atoms with van der Waals surface area (Å²) >= 11 is 0. The van der Waals surface area contributed by atoms with E-state index in [9.17, 15) is 23.3 Å². The van der Waals surface area contributed by atoms with E-state index in [-0.39, 0.29) is 35.1 Å². The lowest BCUT2D eigenvalue weighted by atomic mass is 10.2. The molecule has 0 heterocycles. The zero-order valence-electron chi connectivity index (χ0n) is 10.2. The van der Waals surface area contributed by atoms with Gasteiger partial charge in [-0.3, -0.25) is 14.9 Å². The second kappa shape index (κ2) is 6.28. The predicted molar refractivity (Wildman–Crippen MR) is 68.3 cm³/mol. The van der Waals surface area contributed by atoms with E-state index < -0.39 is 14.8 Å². The highest BCUT2D eigenvalue weighted by Gasteiger charge is 2.13. The summed E-state index contributed by atoms with van der Waals surface area (Å²) in [7, 11) is -3.15. The van der Waals surface area contributed by atoms with Crippen LogP contribution in [0.5, 0.6) is 5.75 Å². The van der Waals surface area contributed by atoms with Gasteiger partial charge < -0.3 is 4.74 Å². The van der Waals surface area contributed by atoms with Gasteiger partial charge in [0.1, 0.15) is 12.4 Å². The van der Waals surface area contributed by atoms with Crippen molar-refractivity contribution in [3.05, 3.63) is 33.9 Å². The summed E-state index contributed by atoms with van der Waals surface area (Å²) in [5, 5.41) is 10.5. The third-order valence-electron chi connectivity index (χ3n) is 2.42. The average molecular weight is 287 g/mol. The molecule has 0 aliphatic carbocycles. The first-order chi connectivity index (χ1) is 8.89. The Morgan fingerprint density at radius 2 is 2.11 bits per heavy atom. The smallest absolute Gasteiger partial charge is 0.270 e. The van der Waals surface area contributed by atoms with Gasteiger partial charge in [0.2, 0.25) is 0 Å². The van der Waals surface area contributed by atoms with Crippen molar-refractivity contribution >= 4 is 21.8 Å². The second-order valence-electron chi connectivity index (χ2n) is 3.68. The summed E-state index contributed by atoms with van der Waals surface area (Å²) in [5.41, 5.74) is -0.210. The SMILES string of the molecule is CCS(=O)(=O)CCOc1ccc([N+](=O)[O-])cc1C=O. The van der Waals surface area contributed by atoms with Gasteiger partial charge in [0.05, 0.1) is 16.2 Å². The topological polar surface area (TPSA) is 104 Å². The van der Waals surface area contributed by atoms with Crippen LogP contribution in [-0.4, -0.2) is 37.7 Å². The lowest BCUT2D eigenvalue weighted by Gasteiger charge is -2.08. The first-order valence-electron chi connectivity index (χ1n) is 5.46. The number of ether oxygens (including phenoxy) is 1. The van der Waals surface area contributed by atoms with Crippen LogP contribution in [0.25, 0.3) is 0 Å². The number of nitro benzene ring substituents is 1. The minimum Gasteiger partial charge on any atom is -0.492 e. The summed E-state index contributed by atoms with van der Waals surface area (Å²) in [6.07, 6.45) is 0.427. The molecule has 7 nitrogen and oxygen atoms in total. The number of benzene rings is 1. The van der Waals surface area contributed by atoms with E-state index in [0.29, 0.717) is 6.29 Å². The number of aldehydes is 1. The van der Waals surface area contributed by atoms with Crippen molar-refractivity contribution in [2.75, 3.05) is 18.1 Å². The van der Waals surface area contributed by atoms with Gasteiger partial charge in [-0.25, -0.2) is 8.42 Å². The van der Waals surface area contributed by atoms with Crippen LogP contribution in [0.1, 0.15) is 17.3 Å². The Balaban J connectivity index is 2.79. The largest absolute Gasteiger partial charge is 0.492 e. The molecule has 0 saturated carbocycles. The molecule has 0 aliphatic heterocycles. The maximum absolute atomic E-state index is 11.2. The maximum atomic E-state index is 11.2. The number of carbonyl (C=O) groups is 1. The minimum absolute atomic E-state index is 0.0111. The zero-order chi connectivity index (χ0) is 14.5. The number of sulfone groups is 1. The molecule has 19 heavy (non-hydrogen) atoms. The first kappa shape index (κ1) is 15.1. The van der Waals surface area contributed by atoms with Crippen molar-refractivity contribution in [1.82, 2.24) is 0 Å². The molecule has 0 unspecified atom stereocenters. The Bertz CT molecular complexity index is 581.